The summed E-state index contributed by atoms with van der Waals surface area (Å²) in [5, 5.41) is 19.2. The van der Waals surface area contributed by atoms with Crippen molar-refractivity contribution in [3.63, 3.8) is 0 Å². The van der Waals surface area contributed by atoms with Gasteiger partial charge in [-0.15, -0.1) is 0 Å². The molecule has 5 heterocycles. The summed E-state index contributed by atoms with van der Waals surface area (Å²) in [7, 11) is 1.95. The molecule has 1 aliphatic rings. The number of aromatic nitrogens is 7. The fourth-order valence-corrected chi connectivity index (χ4v) is 3.74. The molecule has 0 bridgehead atoms. The van der Waals surface area contributed by atoms with Crippen LogP contribution in [0.5, 0.6) is 0 Å². The predicted molar refractivity (Wildman–Crippen MR) is 106 cm³/mol. The van der Waals surface area contributed by atoms with Crippen LogP contribution in [0.25, 0.3) is 33.5 Å². The van der Waals surface area contributed by atoms with E-state index in [-0.39, 0.29) is 6.04 Å². The quantitative estimate of drug-likeness (QED) is 0.567. The number of ether oxygens (including phenoxy) is 1. The summed E-state index contributed by atoms with van der Waals surface area (Å²) in [5.74, 6) is 0.920. The molecule has 2 N–H and O–H groups in total. The number of pyridine rings is 1. The lowest BCUT2D eigenvalue weighted by atomic mass is 10.0. The molecular formula is C19H22N8O. The van der Waals surface area contributed by atoms with Gasteiger partial charge >= 0.3 is 0 Å². The molecule has 4 aromatic heterocycles. The van der Waals surface area contributed by atoms with E-state index < -0.39 is 0 Å². The highest BCUT2D eigenvalue weighted by molar-refractivity contribution is 5.99. The van der Waals surface area contributed by atoms with Gasteiger partial charge in [0.05, 0.1) is 31.1 Å². The first-order valence-corrected chi connectivity index (χ1v) is 9.35. The smallest absolute Gasteiger partial charge is 0.130 e. The van der Waals surface area contributed by atoms with Gasteiger partial charge in [0.2, 0.25) is 0 Å². The Morgan fingerprint density at radius 1 is 1.21 bits per heavy atom. The van der Waals surface area contributed by atoms with E-state index in [0.29, 0.717) is 13.2 Å². The van der Waals surface area contributed by atoms with E-state index in [0.717, 1.165) is 51.6 Å². The van der Waals surface area contributed by atoms with Crippen molar-refractivity contribution in [2.75, 3.05) is 24.7 Å². The normalized spacial score (nSPS) is 17.5. The fourth-order valence-electron chi connectivity index (χ4n) is 3.74. The second-order valence-corrected chi connectivity index (χ2v) is 7.18. The SMILES string of the molecule is Cc1c(-c2cc(N3CCOCC3C)nc3c(-c4ccn[nH]4)[nH]nc23)cnn1C. The Bertz CT molecular complexity index is 1130. The van der Waals surface area contributed by atoms with Crippen molar-refractivity contribution >= 4 is 16.9 Å². The van der Waals surface area contributed by atoms with E-state index in [1.807, 2.05) is 24.0 Å². The highest BCUT2D eigenvalue weighted by Crippen LogP contribution is 2.36. The zero-order valence-corrected chi connectivity index (χ0v) is 16.1. The van der Waals surface area contributed by atoms with Crippen molar-refractivity contribution in [1.29, 1.82) is 0 Å². The number of fused-ring (bicyclic) bond motifs is 1. The number of anilines is 1. The van der Waals surface area contributed by atoms with Gasteiger partial charge in [0.25, 0.3) is 0 Å². The summed E-state index contributed by atoms with van der Waals surface area (Å²) in [6, 6.07) is 4.28. The summed E-state index contributed by atoms with van der Waals surface area (Å²) < 4.78 is 7.49. The summed E-state index contributed by atoms with van der Waals surface area (Å²) in [6.07, 6.45) is 3.61. The van der Waals surface area contributed by atoms with Crippen LogP contribution in [0, 0.1) is 6.92 Å². The zero-order valence-electron chi connectivity index (χ0n) is 16.1. The number of rotatable bonds is 3. The Morgan fingerprint density at radius 3 is 2.82 bits per heavy atom. The Labute approximate surface area is 161 Å². The molecule has 5 rings (SSSR count). The van der Waals surface area contributed by atoms with Crippen LogP contribution in [0.1, 0.15) is 12.6 Å². The molecule has 1 fully saturated rings. The molecule has 9 heteroatoms. The minimum atomic E-state index is 0.254. The van der Waals surface area contributed by atoms with E-state index in [9.17, 15) is 0 Å². The number of hydrogen-bond acceptors (Lipinski definition) is 6. The average Bonchev–Trinajstić information content (AvgIpc) is 3.43. The summed E-state index contributed by atoms with van der Waals surface area (Å²) in [4.78, 5) is 7.28. The van der Waals surface area contributed by atoms with Gasteiger partial charge < -0.3 is 9.64 Å². The van der Waals surface area contributed by atoms with E-state index >= 15 is 0 Å². The molecule has 0 aromatic carbocycles. The maximum absolute atomic E-state index is 5.61. The van der Waals surface area contributed by atoms with Crippen LogP contribution in [-0.2, 0) is 11.8 Å². The van der Waals surface area contributed by atoms with Crippen molar-refractivity contribution < 1.29 is 4.74 Å². The zero-order chi connectivity index (χ0) is 19.3. The third-order valence-electron chi connectivity index (χ3n) is 5.45. The van der Waals surface area contributed by atoms with Gasteiger partial charge in [-0.25, -0.2) is 4.98 Å². The predicted octanol–water partition coefficient (Wildman–Crippen LogP) is 2.28. The third-order valence-corrected chi connectivity index (χ3v) is 5.45. The molecule has 144 valence electrons. The Kier molecular flexibility index (Phi) is 3.90. The van der Waals surface area contributed by atoms with E-state index in [1.165, 1.54) is 0 Å². The fraction of sp³-hybridized carbons (Fsp3) is 0.368. The summed E-state index contributed by atoms with van der Waals surface area (Å²) >= 11 is 0. The minimum absolute atomic E-state index is 0.254. The molecular weight excluding hydrogens is 356 g/mol. The maximum Gasteiger partial charge on any atom is 0.130 e. The minimum Gasteiger partial charge on any atom is -0.377 e. The van der Waals surface area contributed by atoms with Crippen LogP contribution in [0.15, 0.2) is 24.5 Å². The first-order chi connectivity index (χ1) is 13.6. The van der Waals surface area contributed by atoms with Crippen molar-refractivity contribution in [1.82, 2.24) is 35.2 Å². The van der Waals surface area contributed by atoms with Crippen LogP contribution < -0.4 is 4.90 Å². The summed E-state index contributed by atoms with van der Waals surface area (Å²) in [5.41, 5.74) is 6.49. The van der Waals surface area contributed by atoms with Gasteiger partial charge in [-0.2, -0.15) is 15.3 Å². The molecule has 0 spiro atoms. The van der Waals surface area contributed by atoms with Gasteiger partial charge in [0.15, 0.2) is 0 Å². The first kappa shape index (κ1) is 16.9. The van der Waals surface area contributed by atoms with E-state index in [4.69, 9.17) is 9.72 Å². The van der Waals surface area contributed by atoms with E-state index in [1.54, 1.807) is 6.20 Å². The second kappa shape index (κ2) is 6.45. The van der Waals surface area contributed by atoms with Crippen LogP contribution in [0.2, 0.25) is 0 Å². The van der Waals surface area contributed by atoms with Gasteiger partial charge in [-0.05, 0) is 26.0 Å². The van der Waals surface area contributed by atoms with Gasteiger partial charge in [0, 0.05) is 36.6 Å². The Morgan fingerprint density at radius 2 is 2.11 bits per heavy atom. The molecule has 0 aliphatic carbocycles. The molecule has 0 radical (unpaired) electrons. The van der Waals surface area contributed by atoms with Crippen LogP contribution >= 0.6 is 0 Å². The molecule has 0 amide bonds. The number of nitrogens with zero attached hydrogens (tertiary/aromatic N) is 6. The van der Waals surface area contributed by atoms with Crippen LogP contribution in [0.3, 0.4) is 0 Å². The largest absolute Gasteiger partial charge is 0.377 e. The lowest BCUT2D eigenvalue weighted by Gasteiger charge is -2.34. The van der Waals surface area contributed by atoms with Crippen LogP contribution in [-0.4, -0.2) is 61.0 Å². The molecule has 1 aliphatic heterocycles. The Hall–Kier alpha value is -3.20. The average molecular weight is 378 g/mol. The summed E-state index contributed by atoms with van der Waals surface area (Å²) in [6.45, 7) is 6.42. The molecule has 1 atom stereocenters. The van der Waals surface area contributed by atoms with Crippen LogP contribution in [0.4, 0.5) is 5.82 Å². The molecule has 1 saturated heterocycles. The number of nitrogens with one attached hydrogen (secondary N) is 2. The number of aromatic amines is 2. The first-order valence-electron chi connectivity index (χ1n) is 9.35. The molecule has 9 nitrogen and oxygen atoms in total. The maximum atomic E-state index is 5.61. The second-order valence-electron chi connectivity index (χ2n) is 7.18. The number of morpholine rings is 1. The van der Waals surface area contributed by atoms with Crippen molar-refractivity contribution in [3.05, 3.63) is 30.2 Å². The van der Waals surface area contributed by atoms with Gasteiger partial charge in [0.1, 0.15) is 22.5 Å². The molecule has 0 saturated carbocycles. The number of H-pyrrole nitrogens is 2. The van der Waals surface area contributed by atoms with Gasteiger partial charge in [-0.1, -0.05) is 0 Å². The number of hydrogen-bond donors (Lipinski definition) is 2. The standard InChI is InChI=1S/C19H22N8O/c1-11-10-28-7-6-27(11)16-8-13(14-9-21-26(3)12(14)2)17-19(22-16)18(25-24-17)15-4-5-20-23-15/h4-5,8-9,11H,6-7,10H2,1-3H3,(H,20,23)(H,24,25). The highest BCUT2D eigenvalue weighted by atomic mass is 16.5. The van der Waals surface area contributed by atoms with Gasteiger partial charge in [-0.3, -0.25) is 14.9 Å². The Balaban J connectivity index is 1.76. The lowest BCUT2D eigenvalue weighted by molar-refractivity contribution is 0.0986. The topological polar surface area (TPSA) is 101 Å². The molecule has 4 aromatic rings. The third kappa shape index (κ3) is 2.58. The highest BCUT2D eigenvalue weighted by Gasteiger charge is 2.24. The monoisotopic (exact) mass is 378 g/mol. The molecule has 28 heavy (non-hydrogen) atoms. The number of aryl methyl sites for hydroxylation is 1. The van der Waals surface area contributed by atoms with Crippen molar-refractivity contribution in [3.8, 4) is 22.5 Å². The lowest BCUT2D eigenvalue weighted by Crippen LogP contribution is -2.44. The molecule has 1 unspecified atom stereocenters. The van der Waals surface area contributed by atoms with Crippen molar-refractivity contribution in [2.45, 2.75) is 19.9 Å². The van der Waals surface area contributed by atoms with E-state index in [2.05, 4.69) is 50.3 Å². The van der Waals surface area contributed by atoms with Crippen molar-refractivity contribution in [2.24, 2.45) is 7.05 Å².